The molecular weight excluding hydrogens is 448 g/mol. The van der Waals surface area contributed by atoms with Crippen LogP contribution < -0.4 is 11.2 Å². The second-order valence-electron chi connectivity index (χ2n) is 6.69. The highest BCUT2D eigenvalue weighted by Gasteiger charge is 2.38. The summed E-state index contributed by atoms with van der Waals surface area (Å²) in [4.78, 5) is 27.0. The second kappa shape index (κ2) is 7.44. The summed E-state index contributed by atoms with van der Waals surface area (Å²) in [5, 5.41) is -0.609. The Morgan fingerprint density at radius 1 is 1.27 bits per heavy atom. The summed E-state index contributed by atoms with van der Waals surface area (Å²) < 4.78 is 62.2. The van der Waals surface area contributed by atoms with Crippen molar-refractivity contribution in [3.05, 3.63) is 61.5 Å². The number of ether oxygens (including phenoxy) is 1. The fourth-order valence-electron chi connectivity index (χ4n) is 3.47. The lowest BCUT2D eigenvalue weighted by molar-refractivity contribution is -0.137. The van der Waals surface area contributed by atoms with E-state index < -0.39 is 34.9 Å². The molecule has 11 heteroatoms. The first-order valence-corrected chi connectivity index (χ1v) is 10.00. The number of aromatic nitrogens is 2. The van der Waals surface area contributed by atoms with Crippen LogP contribution in [0.3, 0.4) is 0 Å². The highest BCUT2D eigenvalue weighted by molar-refractivity contribution is 7.99. The van der Waals surface area contributed by atoms with Crippen LogP contribution in [-0.4, -0.2) is 28.5 Å². The number of methoxy groups -OCH3 is 1. The van der Waals surface area contributed by atoms with E-state index >= 15 is 0 Å². The van der Waals surface area contributed by atoms with Crippen LogP contribution >= 0.6 is 23.4 Å². The second-order valence-corrected chi connectivity index (χ2v) is 8.13. The van der Waals surface area contributed by atoms with Gasteiger partial charge in [0.25, 0.3) is 5.56 Å². The summed E-state index contributed by atoms with van der Waals surface area (Å²) in [6.07, 6.45) is -5.30. The Morgan fingerprint density at radius 3 is 2.63 bits per heavy atom. The zero-order valence-electron chi connectivity index (χ0n) is 15.3. The van der Waals surface area contributed by atoms with Gasteiger partial charge in [0.15, 0.2) is 0 Å². The Labute approximate surface area is 175 Å². The monoisotopic (exact) mass is 460 g/mol. The van der Waals surface area contributed by atoms with E-state index in [-0.39, 0.29) is 44.2 Å². The van der Waals surface area contributed by atoms with Gasteiger partial charge in [-0.25, -0.2) is 9.18 Å². The van der Waals surface area contributed by atoms with E-state index in [0.29, 0.717) is 6.07 Å². The number of halogens is 5. The summed E-state index contributed by atoms with van der Waals surface area (Å²) in [6.45, 7) is 0.0532. The topological polar surface area (TPSA) is 64.1 Å². The first-order valence-electron chi connectivity index (χ1n) is 8.64. The first kappa shape index (κ1) is 21.0. The molecule has 2 aromatic carbocycles. The molecule has 1 aliphatic heterocycles. The normalized spacial score (nSPS) is 16.7. The number of hydrogen-bond donors (Lipinski definition) is 1. The molecule has 0 fully saturated rings. The Morgan fingerprint density at radius 2 is 2.00 bits per heavy atom. The van der Waals surface area contributed by atoms with Crippen molar-refractivity contribution in [2.45, 2.75) is 23.7 Å². The standard InChI is InChI=1S/C19H13ClF4N2O3S/c1-29-9-6-26-15-10(17(27)25-18(26)28)5-11(19(22,23)24)14(16(15)30-7-9)8-2-3-13(21)12(20)4-8/h2-5,9H,6-7H2,1H3,(H,25,27,28)/t9-/m1/s1. The molecule has 4 rings (SSSR count). The minimum Gasteiger partial charge on any atom is -0.379 e. The van der Waals surface area contributed by atoms with Crippen molar-refractivity contribution in [1.29, 1.82) is 0 Å². The molecule has 0 aliphatic carbocycles. The molecule has 3 aromatic rings. The van der Waals surface area contributed by atoms with Gasteiger partial charge in [-0.3, -0.25) is 14.3 Å². The Kier molecular flexibility index (Phi) is 5.19. The van der Waals surface area contributed by atoms with Crippen LogP contribution in [0.2, 0.25) is 5.02 Å². The van der Waals surface area contributed by atoms with Gasteiger partial charge in [-0.05, 0) is 23.8 Å². The van der Waals surface area contributed by atoms with Gasteiger partial charge in [-0.2, -0.15) is 13.2 Å². The third kappa shape index (κ3) is 3.42. The van der Waals surface area contributed by atoms with Crippen LogP contribution in [0, 0.1) is 5.82 Å². The van der Waals surface area contributed by atoms with Crippen LogP contribution in [-0.2, 0) is 17.5 Å². The Balaban J connectivity index is 2.20. The fraction of sp³-hybridized carbons (Fsp3) is 0.263. The first-order chi connectivity index (χ1) is 14.1. The molecule has 0 amide bonds. The maximum absolute atomic E-state index is 14.0. The average molecular weight is 461 g/mol. The molecule has 1 atom stereocenters. The number of H-pyrrole nitrogens is 1. The summed E-state index contributed by atoms with van der Waals surface area (Å²) in [5.41, 5.74) is -2.91. The number of nitrogens with one attached hydrogen (secondary N) is 1. The molecule has 0 bridgehead atoms. The van der Waals surface area contributed by atoms with E-state index in [1.807, 2.05) is 0 Å². The number of aromatic amines is 1. The minimum atomic E-state index is -4.82. The highest BCUT2D eigenvalue weighted by atomic mass is 35.5. The lowest BCUT2D eigenvalue weighted by Gasteiger charge is -2.20. The molecule has 0 saturated heterocycles. The summed E-state index contributed by atoms with van der Waals surface area (Å²) in [7, 11) is 1.43. The lowest BCUT2D eigenvalue weighted by Crippen LogP contribution is -2.34. The molecule has 1 N–H and O–H groups in total. The summed E-state index contributed by atoms with van der Waals surface area (Å²) in [5.74, 6) is -0.537. The molecule has 0 spiro atoms. The molecule has 30 heavy (non-hydrogen) atoms. The van der Waals surface area contributed by atoms with Crippen LogP contribution in [0.4, 0.5) is 17.6 Å². The molecule has 2 heterocycles. The van der Waals surface area contributed by atoms with Crippen LogP contribution in [0.1, 0.15) is 5.56 Å². The summed E-state index contributed by atoms with van der Waals surface area (Å²) >= 11 is 6.86. The van der Waals surface area contributed by atoms with Crippen molar-refractivity contribution in [2.24, 2.45) is 0 Å². The van der Waals surface area contributed by atoms with Gasteiger partial charge < -0.3 is 4.74 Å². The van der Waals surface area contributed by atoms with Gasteiger partial charge in [0.2, 0.25) is 0 Å². The van der Waals surface area contributed by atoms with Crippen molar-refractivity contribution < 1.29 is 22.3 Å². The number of benzene rings is 2. The number of nitrogens with zero attached hydrogens (tertiary/aromatic N) is 1. The number of hydrogen-bond acceptors (Lipinski definition) is 4. The zero-order chi connectivity index (χ0) is 21.8. The third-order valence-corrected chi connectivity index (χ3v) is 6.40. The molecule has 0 radical (unpaired) electrons. The maximum atomic E-state index is 14.0. The van der Waals surface area contributed by atoms with E-state index in [2.05, 4.69) is 4.98 Å². The number of rotatable bonds is 2. The van der Waals surface area contributed by atoms with Gasteiger partial charge in [-0.15, -0.1) is 11.8 Å². The van der Waals surface area contributed by atoms with Gasteiger partial charge in [0, 0.05) is 23.3 Å². The molecular formula is C19H13ClF4N2O3S. The molecule has 0 saturated carbocycles. The van der Waals surface area contributed by atoms with Gasteiger partial charge in [0.1, 0.15) is 5.82 Å². The van der Waals surface area contributed by atoms with E-state index in [1.54, 1.807) is 0 Å². The SMILES string of the molecule is CO[C@H]1CSc2c(-c3ccc(F)c(Cl)c3)c(C(F)(F)F)cc3c(=O)[nH]c(=O)n(c23)C1. The third-order valence-electron chi connectivity index (χ3n) is 4.88. The fourth-order valence-corrected chi connectivity index (χ4v) is 4.98. The van der Waals surface area contributed by atoms with E-state index in [0.717, 1.165) is 23.9 Å². The number of alkyl halides is 3. The maximum Gasteiger partial charge on any atom is 0.417 e. The molecule has 0 unspecified atom stereocenters. The van der Waals surface area contributed by atoms with Gasteiger partial charge in [-0.1, -0.05) is 17.7 Å². The van der Waals surface area contributed by atoms with Crippen LogP contribution in [0.15, 0.2) is 38.8 Å². The molecule has 1 aromatic heterocycles. The van der Waals surface area contributed by atoms with Gasteiger partial charge in [0.05, 0.1) is 34.1 Å². The molecule has 1 aliphatic rings. The van der Waals surface area contributed by atoms with Crippen molar-refractivity contribution >= 4 is 34.3 Å². The Hall–Kier alpha value is -2.30. The minimum absolute atomic E-state index is 0.0215. The molecule has 5 nitrogen and oxygen atoms in total. The zero-order valence-corrected chi connectivity index (χ0v) is 16.8. The number of thioether (sulfide) groups is 1. The lowest BCUT2D eigenvalue weighted by atomic mass is 9.96. The van der Waals surface area contributed by atoms with Crippen molar-refractivity contribution in [3.63, 3.8) is 0 Å². The van der Waals surface area contributed by atoms with Crippen LogP contribution in [0.5, 0.6) is 0 Å². The quantitative estimate of drug-likeness (QED) is 0.579. The predicted octanol–water partition coefficient (Wildman–Crippen LogP) is 4.29. The van der Waals surface area contributed by atoms with E-state index in [9.17, 15) is 27.2 Å². The van der Waals surface area contributed by atoms with E-state index in [1.165, 1.54) is 17.7 Å². The molecule has 158 valence electrons. The van der Waals surface area contributed by atoms with Crippen molar-refractivity contribution in [1.82, 2.24) is 9.55 Å². The Bertz CT molecular complexity index is 1290. The van der Waals surface area contributed by atoms with Crippen molar-refractivity contribution in [3.8, 4) is 11.1 Å². The van der Waals surface area contributed by atoms with Crippen LogP contribution in [0.25, 0.3) is 22.0 Å². The van der Waals surface area contributed by atoms with Gasteiger partial charge >= 0.3 is 11.9 Å². The largest absolute Gasteiger partial charge is 0.417 e. The smallest absolute Gasteiger partial charge is 0.379 e. The highest BCUT2D eigenvalue weighted by Crippen LogP contribution is 2.46. The summed E-state index contributed by atoms with van der Waals surface area (Å²) in [6, 6.07) is 3.97. The predicted molar refractivity (Wildman–Crippen MR) is 106 cm³/mol. The average Bonchev–Trinajstić information content (AvgIpc) is 2.87. The van der Waals surface area contributed by atoms with E-state index in [4.69, 9.17) is 16.3 Å². The van der Waals surface area contributed by atoms with Crippen molar-refractivity contribution in [2.75, 3.05) is 12.9 Å².